The first-order valence-corrected chi connectivity index (χ1v) is 8.37. The summed E-state index contributed by atoms with van der Waals surface area (Å²) in [7, 11) is 4.83. The van der Waals surface area contributed by atoms with Gasteiger partial charge in [0.1, 0.15) is 0 Å². The van der Waals surface area contributed by atoms with Gasteiger partial charge in [0.2, 0.25) is 5.75 Å². The van der Waals surface area contributed by atoms with Gasteiger partial charge in [0, 0.05) is 18.7 Å². The van der Waals surface area contributed by atoms with Gasteiger partial charge in [-0.2, -0.15) is 0 Å². The molecule has 0 aliphatic heterocycles. The van der Waals surface area contributed by atoms with Crippen LogP contribution in [0, 0.1) is 5.92 Å². The number of guanidine groups is 1. The van der Waals surface area contributed by atoms with E-state index in [-0.39, 0.29) is 0 Å². The summed E-state index contributed by atoms with van der Waals surface area (Å²) in [5, 5.41) is 6.61. The molecule has 0 atom stereocenters. The maximum atomic E-state index is 5.50. The van der Waals surface area contributed by atoms with Gasteiger partial charge in [-0.1, -0.05) is 13.8 Å². The summed E-state index contributed by atoms with van der Waals surface area (Å²) in [5.74, 6) is 3.34. The zero-order valence-corrected chi connectivity index (χ0v) is 15.7. The number of nitrogens with zero attached hydrogens (tertiary/aromatic N) is 1. The van der Waals surface area contributed by atoms with Gasteiger partial charge in [-0.25, -0.2) is 4.99 Å². The maximum Gasteiger partial charge on any atom is 0.203 e. The molecule has 6 nitrogen and oxygen atoms in total. The number of aliphatic imine (C=N–C) groups is 1. The van der Waals surface area contributed by atoms with Crippen molar-refractivity contribution in [2.24, 2.45) is 10.9 Å². The van der Waals surface area contributed by atoms with E-state index in [4.69, 9.17) is 14.2 Å². The predicted molar refractivity (Wildman–Crippen MR) is 98.4 cm³/mol. The molecule has 136 valence electrons. The first-order chi connectivity index (χ1) is 11.6. The van der Waals surface area contributed by atoms with Crippen molar-refractivity contribution >= 4 is 5.96 Å². The molecule has 0 fully saturated rings. The number of rotatable bonds is 9. The van der Waals surface area contributed by atoms with E-state index in [0.717, 1.165) is 31.0 Å². The standard InChI is InChI=1S/C18H31N3O3/c1-7-19-18(20-11-10-13(2)3)21-12-14-8-9-15(22-4)17(24-6)16(14)23-5/h8-9,13H,7,10-12H2,1-6H3,(H2,19,20,21). The van der Waals surface area contributed by atoms with E-state index in [9.17, 15) is 0 Å². The summed E-state index contributed by atoms with van der Waals surface area (Å²) in [6.07, 6.45) is 1.10. The highest BCUT2D eigenvalue weighted by Gasteiger charge is 2.15. The topological polar surface area (TPSA) is 64.1 Å². The van der Waals surface area contributed by atoms with Crippen LogP contribution in [0.1, 0.15) is 32.8 Å². The second-order valence-corrected chi connectivity index (χ2v) is 5.80. The monoisotopic (exact) mass is 337 g/mol. The van der Waals surface area contributed by atoms with Gasteiger partial charge in [-0.05, 0) is 31.4 Å². The van der Waals surface area contributed by atoms with Gasteiger partial charge in [0.05, 0.1) is 27.9 Å². The molecule has 1 aromatic rings. The molecule has 1 rings (SSSR count). The summed E-state index contributed by atoms with van der Waals surface area (Å²) in [4.78, 5) is 4.64. The van der Waals surface area contributed by atoms with Crippen molar-refractivity contribution in [1.29, 1.82) is 0 Å². The Kier molecular flexibility index (Phi) is 8.83. The first kappa shape index (κ1) is 19.9. The Morgan fingerprint density at radius 1 is 1.04 bits per heavy atom. The van der Waals surface area contributed by atoms with Crippen LogP contribution in [0.25, 0.3) is 0 Å². The lowest BCUT2D eigenvalue weighted by molar-refractivity contribution is 0.322. The molecule has 0 radical (unpaired) electrons. The first-order valence-electron chi connectivity index (χ1n) is 8.37. The van der Waals surface area contributed by atoms with Crippen molar-refractivity contribution in [3.63, 3.8) is 0 Å². The van der Waals surface area contributed by atoms with E-state index in [0.29, 0.717) is 29.7 Å². The summed E-state index contributed by atoms with van der Waals surface area (Å²) in [6, 6.07) is 3.81. The predicted octanol–water partition coefficient (Wildman–Crippen LogP) is 2.81. The molecule has 0 bridgehead atoms. The number of methoxy groups -OCH3 is 3. The average molecular weight is 337 g/mol. The van der Waals surface area contributed by atoms with Crippen LogP contribution in [0.2, 0.25) is 0 Å². The molecule has 24 heavy (non-hydrogen) atoms. The van der Waals surface area contributed by atoms with E-state index in [1.165, 1.54) is 0 Å². The van der Waals surface area contributed by atoms with Crippen LogP contribution in [-0.4, -0.2) is 40.4 Å². The molecule has 0 aliphatic carbocycles. The number of hydrogen-bond donors (Lipinski definition) is 2. The summed E-state index contributed by atoms with van der Waals surface area (Å²) in [6.45, 7) is 8.67. The lowest BCUT2D eigenvalue weighted by Crippen LogP contribution is -2.38. The molecule has 0 aromatic heterocycles. The Hall–Kier alpha value is -2.11. The molecule has 0 unspecified atom stereocenters. The van der Waals surface area contributed by atoms with Crippen molar-refractivity contribution in [1.82, 2.24) is 10.6 Å². The number of ether oxygens (including phenoxy) is 3. The quantitative estimate of drug-likeness (QED) is 0.536. The fourth-order valence-corrected chi connectivity index (χ4v) is 2.27. The molecule has 0 spiro atoms. The second kappa shape index (κ2) is 10.6. The zero-order valence-electron chi connectivity index (χ0n) is 15.7. The minimum Gasteiger partial charge on any atom is -0.493 e. The molecular formula is C18H31N3O3. The van der Waals surface area contributed by atoms with Crippen molar-refractivity contribution in [3.05, 3.63) is 17.7 Å². The number of hydrogen-bond acceptors (Lipinski definition) is 4. The van der Waals surface area contributed by atoms with Crippen LogP contribution in [-0.2, 0) is 6.54 Å². The SMILES string of the molecule is CCNC(=NCc1ccc(OC)c(OC)c1OC)NCCC(C)C. The van der Waals surface area contributed by atoms with E-state index in [2.05, 4.69) is 36.4 Å². The van der Waals surface area contributed by atoms with Gasteiger partial charge >= 0.3 is 0 Å². The Bertz CT molecular complexity index is 530. The van der Waals surface area contributed by atoms with Crippen molar-refractivity contribution in [2.75, 3.05) is 34.4 Å². The fourth-order valence-electron chi connectivity index (χ4n) is 2.27. The smallest absolute Gasteiger partial charge is 0.203 e. The van der Waals surface area contributed by atoms with Crippen LogP contribution in [0.15, 0.2) is 17.1 Å². The average Bonchev–Trinajstić information content (AvgIpc) is 2.58. The molecule has 0 heterocycles. The zero-order chi connectivity index (χ0) is 17.9. The summed E-state index contributed by atoms with van der Waals surface area (Å²) in [5.41, 5.74) is 0.941. The fraction of sp³-hybridized carbons (Fsp3) is 0.611. The van der Waals surface area contributed by atoms with Crippen LogP contribution >= 0.6 is 0 Å². The largest absolute Gasteiger partial charge is 0.493 e. The minimum absolute atomic E-state index is 0.487. The third kappa shape index (κ3) is 5.83. The van der Waals surface area contributed by atoms with E-state index in [1.54, 1.807) is 21.3 Å². The molecule has 0 saturated heterocycles. The highest BCUT2D eigenvalue weighted by atomic mass is 16.5. The van der Waals surface area contributed by atoms with Gasteiger partial charge in [0.25, 0.3) is 0 Å². The normalized spacial score (nSPS) is 11.4. The van der Waals surface area contributed by atoms with E-state index in [1.807, 2.05) is 12.1 Å². The van der Waals surface area contributed by atoms with Crippen molar-refractivity contribution in [3.8, 4) is 17.2 Å². The highest BCUT2D eigenvalue weighted by molar-refractivity contribution is 5.79. The van der Waals surface area contributed by atoms with E-state index < -0.39 is 0 Å². The molecular weight excluding hydrogens is 306 g/mol. The molecule has 0 saturated carbocycles. The Morgan fingerprint density at radius 2 is 1.75 bits per heavy atom. The number of nitrogens with one attached hydrogen (secondary N) is 2. The van der Waals surface area contributed by atoms with Crippen LogP contribution in [0.3, 0.4) is 0 Å². The Morgan fingerprint density at radius 3 is 2.29 bits per heavy atom. The van der Waals surface area contributed by atoms with Gasteiger partial charge < -0.3 is 24.8 Å². The second-order valence-electron chi connectivity index (χ2n) is 5.80. The highest BCUT2D eigenvalue weighted by Crippen LogP contribution is 2.39. The molecule has 0 amide bonds. The maximum absolute atomic E-state index is 5.50. The lowest BCUT2D eigenvalue weighted by Gasteiger charge is -2.16. The van der Waals surface area contributed by atoms with Crippen molar-refractivity contribution < 1.29 is 14.2 Å². The minimum atomic E-state index is 0.487. The van der Waals surface area contributed by atoms with E-state index >= 15 is 0 Å². The lowest BCUT2D eigenvalue weighted by atomic mass is 10.1. The molecule has 1 aromatic carbocycles. The van der Waals surface area contributed by atoms with Gasteiger partial charge in [0.15, 0.2) is 17.5 Å². The molecule has 2 N–H and O–H groups in total. The van der Waals surface area contributed by atoms with Gasteiger partial charge in [-0.15, -0.1) is 0 Å². The Labute approximate surface area is 145 Å². The van der Waals surface area contributed by atoms with Crippen LogP contribution in [0.5, 0.6) is 17.2 Å². The third-order valence-corrected chi connectivity index (χ3v) is 3.55. The molecule has 6 heteroatoms. The molecule has 0 aliphatic rings. The summed E-state index contributed by atoms with van der Waals surface area (Å²) < 4.78 is 16.2. The Balaban J connectivity index is 2.91. The van der Waals surface area contributed by atoms with Crippen LogP contribution in [0.4, 0.5) is 0 Å². The van der Waals surface area contributed by atoms with Crippen LogP contribution < -0.4 is 24.8 Å². The van der Waals surface area contributed by atoms with Crippen molar-refractivity contribution in [2.45, 2.75) is 33.7 Å². The number of benzene rings is 1. The third-order valence-electron chi connectivity index (χ3n) is 3.55. The summed E-state index contributed by atoms with van der Waals surface area (Å²) >= 11 is 0. The van der Waals surface area contributed by atoms with Gasteiger partial charge in [-0.3, -0.25) is 0 Å².